The predicted octanol–water partition coefficient (Wildman–Crippen LogP) is 2.29. The van der Waals surface area contributed by atoms with E-state index in [0.717, 1.165) is 23.3 Å². The van der Waals surface area contributed by atoms with Crippen LogP contribution >= 0.6 is 11.3 Å². The molecule has 98 valence electrons. The normalized spacial score (nSPS) is 22.9. The van der Waals surface area contributed by atoms with Crippen molar-refractivity contribution in [3.8, 4) is 0 Å². The molecule has 0 saturated heterocycles. The molecular formula is C13H17NO3S. The van der Waals surface area contributed by atoms with E-state index in [0.29, 0.717) is 12.8 Å². The van der Waals surface area contributed by atoms with Gasteiger partial charge in [-0.15, -0.1) is 11.3 Å². The molecule has 1 aliphatic rings. The Balaban J connectivity index is 1.95. The maximum absolute atomic E-state index is 12.1. The van der Waals surface area contributed by atoms with Crippen LogP contribution in [0, 0.1) is 5.92 Å². The third kappa shape index (κ3) is 2.72. The number of carboxylic acid groups (broad SMARTS) is 1. The highest BCUT2D eigenvalue weighted by molar-refractivity contribution is 7.12. The smallest absolute Gasteiger partial charge is 0.306 e. The number of aliphatic carboxylic acids is 1. The van der Waals surface area contributed by atoms with Crippen molar-refractivity contribution < 1.29 is 14.7 Å². The highest BCUT2D eigenvalue weighted by atomic mass is 32.1. The zero-order valence-corrected chi connectivity index (χ0v) is 11.1. The molecule has 1 amide bonds. The van der Waals surface area contributed by atoms with E-state index in [-0.39, 0.29) is 17.9 Å². The molecule has 1 aliphatic carbocycles. The van der Waals surface area contributed by atoms with Gasteiger partial charge in [0.1, 0.15) is 0 Å². The van der Waals surface area contributed by atoms with E-state index >= 15 is 0 Å². The lowest BCUT2D eigenvalue weighted by atomic mass is 10.1. The van der Waals surface area contributed by atoms with E-state index in [4.69, 9.17) is 5.11 Å². The van der Waals surface area contributed by atoms with Crippen molar-refractivity contribution in [3.63, 3.8) is 0 Å². The Morgan fingerprint density at radius 2 is 2.28 bits per heavy atom. The van der Waals surface area contributed by atoms with Gasteiger partial charge < -0.3 is 10.4 Å². The van der Waals surface area contributed by atoms with Gasteiger partial charge in [0.2, 0.25) is 0 Å². The monoisotopic (exact) mass is 267 g/mol. The van der Waals surface area contributed by atoms with E-state index in [1.165, 1.54) is 11.3 Å². The zero-order chi connectivity index (χ0) is 13.1. The molecule has 0 unspecified atom stereocenters. The maximum Gasteiger partial charge on any atom is 0.306 e. The van der Waals surface area contributed by atoms with Crippen molar-refractivity contribution in [2.75, 3.05) is 0 Å². The minimum absolute atomic E-state index is 0.00501. The SMILES string of the molecule is CCc1ccsc1C(=O)N[C@H]1CC[C@@H](C(=O)O)C1. The summed E-state index contributed by atoms with van der Waals surface area (Å²) in [5.74, 6) is -1.11. The van der Waals surface area contributed by atoms with Crippen LogP contribution in [0.1, 0.15) is 41.4 Å². The summed E-state index contributed by atoms with van der Waals surface area (Å²) in [6.07, 6.45) is 2.81. The number of carbonyl (C=O) groups excluding carboxylic acids is 1. The molecule has 2 rings (SSSR count). The van der Waals surface area contributed by atoms with Crippen LogP contribution in [0.25, 0.3) is 0 Å². The van der Waals surface area contributed by atoms with Gasteiger partial charge in [-0.2, -0.15) is 0 Å². The van der Waals surface area contributed by atoms with Gasteiger partial charge in [0.25, 0.3) is 5.91 Å². The van der Waals surface area contributed by atoms with Crippen LogP contribution in [0.5, 0.6) is 0 Å². The minimum atomic E-state index is -0.753. The van der Waals surface area contributed by atoms with Crippen LogP contribution in [0.15, 0.2) is 11.4 Å². The molecule has 1 aromatic rings. The minimum Gasteiger partial charge on any atom is -0.481 e. The van der Waals surface area contributed by atoms with Gasteiger partial charge in [0.05, 0.1) is 10.8 Å². The molecule has 1 fully saturated rings. The molecule has 0 spiro atoms. The summed E-state index contributed by atoms with van der Waals surface area (Å²) in [6.45, 7) is 2.02. The number of amides is 1. The third-order valence-corrected chi connectivity index (χ3v) is 4.41. The molecule has 1 aromatic heterocycles. The van der Waals surface area contributed by atoms with Crippen molar-refractivity contribution in [3.05, 3.63) is 21.9 Å². The summed E-state index contributed by atoms with van der Waals surface area (Å²) in [7, 11) is 0. The Bertz CT molecular complexity index is 455. The molecule has 0 aliphatic heterocycles. The fraction of sp³-hybridized carbons (Fsp3) is 0.538. The van der Waals surface area contributed by atoms with Gasteiger partial charge in [-0.05, 0) is 42.7 Å². The van der Waals surface area contributed by atoms with Crippen molar-refractivity contribution in [1.29, 1.82) is 0 Å². The molecule has 0 radical (unpaired) electrons. The summed E-state index contributed by atoms with van der Waals surface area (Å²) in [4.78, 5) is 23.7. The van der Waals surface area contributed by atoms with Gasteiger partial charge in [-0.3, -0.25) is 9.59 Å². The first kappa shape index (κ1) is 13.1. The fourth-order valence-electron chi connectivity index (χ4n) is 2.40. The maximum atomic E-state index is 12.1. The lowest BCUT2D eigenvalue weighted by Crippen LogP contribution is -2.33. The second kappa shape index (κ2) is 5.52. The van der Waals surface area contributed by atoms with Gasteiger partial charge in [0, 0.05) is 6.04 Å². The fourth-order valence-corrected chi connectivity index (χ4v) is 3.30. The van der Waals surface area contributed by atoms with Crippen molar-refractivity contribution in [2.24, 2.45) is 5.92 Å². The molecular weight excluding hydrogens is 250 g/mol. The zero-order valence-electron chi connectivity index (χ0n) is 10.3. The quantitative estimate of drug-likeness (QED) is 0.879. The Kier molecular flexibility index (Phi) is 4.01. The number of hydrogen-bond donors (Lipinski definition) is 2. The van der Waals surface area contributed by atoms with Crippen molar-refractivity contribution >= 4 is 23.2 Å². The van der Waals surface area contributed by atoms with Crippen LogP contribution in [-0.4, -0.2) is 23.0 Å². The lowest BCUT2D eigenvalue weighted by molar-refractivity contribution is -0.141. The number of nitrogens with one attached hydrogen (secondary N) is 1. The van der Waals surface area contributed by atoms with E-state index in [9.17, 15) is 9.59 Å². The molecule has 1 saturated carbocycles. The summed E-state index contributed by atoms with van der Waals surface area (Å²) in [6, 6.07) is 1.97. The number of hydrogen-bond acceptors (Lipinski definition) is 3. The van der Waals surface area contributed by atoms with E-state index in [1.54, 1.807) is 0 Å². The van der Waals surface area contributed by atoms with Crippen molar-refractivity contribution in [2.45, 2.75) is 38.6 Å². The highest BCUT2D eigenvalue weighted by Gasteiger charge is 2.31. The van der Waals surface area contributed by atoms with Crippen LogP contribution < -0.4 is 5.32 Å². The highest BCUT2D eigenvalue weighted by Crippen LogP contribution is 2.26. The van der Waals surface area contributed by atoms with Gasteiger partial charge in [-0.25, -0.2) is 0 Å². The van der Waals surface area contributed by atoms with Crippen LogP contribution in [-0.2, 0) is 11.2 Å². The van der Waals surface area contributed by atoms with E-state index in [1.807, 2.05) is 18.4 Å². The second-order valence-corrected chi connectivity index (χ2v) is 5.56. The second-order valence-electron chi connectivity index (χ2n) is 4.65. The van der Waals surface area contributed by atoms with E-state index in [2.05, 4.69) is 5.32 Å². The molecule has 4 nitrogen and oxygen atoms in total. The first-order chi connectivity index (χ1) is 8.61. The summed E-state index contributed by atoms with van der Waals surface area (Å²) < 4.78 is 0. The van der Waals surface area contributed by atoms with Crippen LogP contribution in [0.4, 0.5) is 0 Å². The largest absolute Gasteiger partial charge is 0.481 e. The topological polar surface area (TPSA) is 66.4 Å². The summed E-state index contributed by atoms with van der Waals surface area (Å²) in [5, 5.41) is 13.8. The first-order valence-corrected chi connectivity index (χ1v) is 7.09. The van der Waals surface area contributed by atoms with Gasteiger partial charge >= 0.3 is 5.97 Å². The Hall–Kier alpha value is -1.36. The van der Waals surface area contributed by atoms with Gasteiger partial charge in [-0.1, -0.05) is 6.92 Å². The number of rotatable bonds is 4. The lowest BCUT2D eigenvalue weighted by Gasteiger charge is -2.12. The number of thiophene rings is 1. The standard InChI is InChI=1S/C13H17NO3S/c1-2-8-5-6-18-11(8)12(15)14-10-4-3-9(7-10)13(16)17/h5-6,9-10H,2-4,7H2,1H3,(H,14,15)(H,16,17)/t9-,10+/m1/s1. The Morgan fingerprint density at radius 3 is 2.89 bits per heavy atom. The number of aryl methyl sites for hydroxylation is 1. The van der Waals surface area contributed by atoms with Crippen LogP contribution in [0.3, 0.4) is 0 Å². The summed E-state index contributed by atoms with van der Waals surface area (Å²) >= 11 is 1.44. The Morgan fingerprint density at radius 1 is 1.50 bits per heavy atom. The first-order valence-electron chi connectivity index (χ1n) is 6.21. The molecule has 0 bridgehead atoms. The molecule has 2 N–H and O–H groups in total. The molecule has 18 heavy (non-hydrogen) atoms. The average Bonchev–Trinajstić information content (AvgIpc) is 2.96. The Labute approximate surface area is 110 Å². The van der Waals surface area contributed by atoms with Crippen molar-refractivity contribution in [1.82, 2.24) is 5.32 Å². The predicted molar refractivity (Wildman–Crippen MR) is 69.9 cm³/mol. The summed E-state index contributed by atoms with van der Waals surface area (Å²) in [5.41, 5.74) is 1.06. The molecule has 0 aromatic carbocycles. The van der Waals surface area contributed by atoms with Gasteiger partial charge in [0.15, 0.2) is 0 Å². The average molecular weight is 267 g/mol. The molecule has 5 heteroatoms. The third-order valence-electron chi connectivity index (χ3n) is 3.45. The molecule has 1 heterocycles. The number of carbonyl (C=O) groups is 2. The molecule has 2 atom stereocenters. The van der Waals surface area contributed by atoms with Crippen LogP contribution in [0.2, 0.25) is 0 Å². The number of carboxylic acids is 1. The van der Waals surface area contributed by atoms with E-state index < -0.39 is 5.97 Å².